The standard InChI is InChI=1S/C17H16FN3O3S2/c1-24-15-5-3-2-4-14(15)19-17(25)21-20-13-8-9-26(22,23)16-7-6-11(18)10-12(13)16/h2-7,10H,8-9H2,1H3,(H2,19,21,25)/b20-13+. The van der Waals surface area contributed by atoms with Gasteiger partial charge in [-0.3, -0.25) is 5.43 Å². The highest BCUT2D eigenvalue weighted by Crippen LogP contribution is 2.26. The van der Waals surface area contributed by atoms with Crippen LogP contribution in [0.3, 0.4) is 0 Å². The Morgan fingerprint density at radius 3 is 2.81 bits per heavy atom. The highest BCUT2D eigenvalue weighted by atomic mass is 32.2. The molecule has 2 aromatic rings. The van der Waals surface area contributed by atoms with Gasteiger partial charge in [0.15, 0.2) is 14.9 Å². The SMILES string of the molecule is COc1ccccc1NC(=S)N/N=C1\CCS(=O)(=O)c2ccc(F)cc21. The van der Waals surface area contributed by atoms with Crippen molar-refractivity contribution in [3.05, 3.63) is 53.8 Å². The van der Waals surface area contributed by atoms with Gasteiger partial charge in [0, 0.05) is 12.0 Å². The van der Waals surface area contributed by atoms with E-state index >= 15 is 0 Å². The Morgan fingerprint density at radius 1 is 1.27 bits per heavy atom. The lowest BCUT2D eigenvalue weighted by molar-refractivity contribution is 0.417. The fourth-order valence-electron chi connectivity index (χ4n) is 2.61. The van der Waals surface area contributed by atoms with E-state index in [1.54, 1.807) is 19.2 Å². The molecule has 0 saturated carbocycles. The highest BCUT2D eigenvalue weighted by molar-refractivity contribution is 7.91. The average molecular weight is 393 g/mol. The molecule has 1 aliphatic heterocycles. The number of methoxy groups -OCH3 is 1. The minimum absolute atomic E-state index is 0.0781. The molecule has 1 aliphatic rings. The molecule has 1 heterocycles. The number of halogens is 1. The van der Waals surface area contributed by atoms with Crippen LogP contribution in [0.4, 0.5) is 10.1 Å². The number of fused-ring (bicyclic) bond motifs is 1. The number of ether oxygens (including phenoxy) is 1. The molecule has 0 saturated heterocycles. The van der Waals surface area contributed by atoms with Gasteiger partial charge >= 0.3 is 0 Å². The van der Waals surface area contributed by atoms with Gasteiger partial charge in [0.05, 0.1) is 29.2 Å². The highest BCUT2D eigenvalue weighted by Gasteiger charge is 2.28. The molecular formula is C17H16FN3O3S2. The van der Waals surface area contributed by atoms with Gasteiger partial charge in [-0.1, -0.05) is 12.1 Å². The molecule has 136 valence electrons. The van der Waals surface area contributed by atoms with Crippen molar-refractivity contribution < 1.29 is 17.5 Å². The quantitative estimate of drug-likeness (QED) is 0.474. The first-order valence-electron chi connectivity index (χ1n) is 7.70. The summed E-state index contributed by atoms with van der Waals surface area (Å²) in [5.74, 6) is 0.00233. The van der Waals surface area contributed by atoms with E-state index in [-0.39, 0.29) is 27.7 Å². The number of hydrazone groups is 1. The van der Waals surface area contributed by atoms with E-state index in [1.165, 1.54) is 12.1 Å². The number of benzene rings is 2. The van der Waals surface area contributed by atoms with Crippen LogP contribution in [0, 0.1) is 5.82 Å². The van der Waals surface area contributed by atoms with Gasteiger partial charge in [-0.15, -0.1) is 0 Å². The first-order chi connectivity index (χ1) is 12.4. The van der Waals surface area contributed by atoms with Gasteiger partial charge in [0.2, 0.25) is 0 Å². The Kier molecular flexibility index (Phi) is 5.19. The van der Waals surface area contributed by atoms with Crippen LogP contribution in [0.25, 0.3) is 0 Å². The van der Waals surface area contributed by atoms with E-state index < -0.39 is 15.7 Å². The van der Waals surface area contributed by atoms with Crippen LogP contribution in [0.1, 0.15) is 12.0 Å². The Bertz CT molecular complexity index is 990. The Hall–Kier alpha value is -2.52. The van der Waals surface area contributed by atoms with Gasteiger partial charge < -0.3 is 10.1 Å². The number of rotatable bonds is 3. The zero-order chi connectivity index (χ0) is 18.7. The van der Waals surface area contributed by atoms with Gasteiger partial charge in [0.25, 0.3) is 0 Å². The molecule has 26 heavy (non-hydrogen) atoms. The van der Waals surface area contributed by atoms with Gasteiger partial charge in [-0.05, 0) is 42.5 Å². The number of nitrogens with zero attached hydrogens (tertiary/aromatic N) is 1. The van der Waals surface area contributed by atoms with Crippen molar-refractivity contribution in [1.82, 2.24) is 5.43 Å². The third kappa shape index (κ3) is 3.83. The normalized spacial score (nSPS) is 16.6. The van der Waals surface area contributed by atoms with Crippen molar-refractivity contribution in [2.75, 3.05) is 18.2 Å². The van der Waals surface area contributed by atoms with Crippen molar-refractivity contribution in [2.45, 2.75) is 11.3 Å². The molecule has 0 aromatic heterocycles. The summed E-state index contributed by atoms with van der Waals surface area (Å²) in [4.78, 5) is 0.0781. The lowest BCUT2D eigenvalue weighted by Gasteiger charge is -2.18. The van der Waals surface area contributed by atoms with Crippen LogP contribution in [0.5, 0.6) is 5.75 Å². The number of hydrogen-bond acceptors (Lipinski definition) is 5. The topological polar surface area (TPSA) is 79.8 Å². The molecule has 2 aromatic carbocycles. The van der Waals surface area contributed by atoms with E-state index in [4.69, 9.17) is 17.0 Å². The zero-order valence-corrected chi connectivity index (χ0v) is 15.5. The maximum atomic E-state index is 13.6. The fraction of sp³-hybridized carbons (Fsp3) is 0.176. The van der Waals surface area contributed by atoms with Crippen molar-refractivity contribution in [3.63, 3.8) is 0 Å². The Morgan fingerprint density at radius 2 is 2.04 bits per heavy atom. The number of para-hydroxylation sites is 2. The number of hydrogen-bond donors (Lipinski definition) is 2. The average Bonchev–Trinajstić information content (AvgIpc) is 2.61. The Balaban J connectivity index is 1.81. The molecule has 9 heteroatoms. The van der Waals surface area contributed by atoms with Gasteiger partial charge in [-0.25, -0.2) is 12.8 Å². The molecule has 0 spiro atoms. The lowest BCUT2D eigenvalue weighted by atomic mass is 10.1. The molecule has 3 rings (SSSR count). The summed E-state index contributed by atoms with van der Waals surface area (Å²) >= 11 is 5.20. The minimum atomic E-state index is -3.43. The summed E-state index contributed by atoms with van der Waals surface area (Å²) in [7, 11) is -1.88. The van der Waals surface area contributed by atoms with Crippen molar-refractivity contribution in [1.29, 1.82) is 0 Å². The molecule has 0 bridgehead atoms. The number of anilines is 1. The number of thiocarbonyl (C=S) groups is 1. The first kappa shape index (κ1) is 18.3. The van der Waals surface area contributed by atoms with E-state index in [2.05, 4.69) is 15.8 Å². The maximum absolute atomic E-state index is 13.6. The fourth-order valence-corrected chi connectivity index (χ4v) is 4.23. The van der Waals surface area contributed by atoms with Crippen LogP contribution in [0.15, 0.2) is 52.5 Å². The summed E-state index contributed by atoms with van der Waals surface area (Å²) in [6, 6.07) is 10.8. The lowest BCUT2D eigenvalue weighted by Crippen LogP contribution is -2.28. The summed E-state index contributed by atoms with van der Waals surface area (Å²) in [5, 5.41) is 7.32. The summed E-state index contributed by atoms with van der Waals surface area (Å²) in [6.45, 7) is 0. The van der Waals surface area contributed by atoms with Crippen molar-refractivity contribution in [3.8, 4) is 5.75 Å². The van der Waals surface area contributed by atoms with E-state index in [0.29, 0.717) is 17.1 Å². The summed E-state index contributed by atoms with van der Waals surface area (Å²) < 4.78 is 43.1. The van der Waals surface area contributed by atoms with E-state index in [0.717, 1.165) is 6.07 Å². The molecule has 2 N–H and O–H groups in total. The maximum Gasteiger partial charge on any atom is 0.191 e. The van der Waals surface area contributed by atoms with Crippen molar-refractivity contribution in [2.24, 2.45) is 5.10 Å². The molecule has 6 nitrogen and oxygen atoms in total. The smallest absolute Gasteiger partial charge is 0.191 e. The van der Waals surface area contributed by atoms with E-state index in [9.17, 15) is 12.8 Å². The molecule has 0 atom stereocenters. The molecule has 0 unspecified atom stereocenters. The second-order valence-electron chi connectivity index (χ2n) is 5.53. The third-order valence-corrected chi connectivity index (χ3v) is 5.80. The predicted octanol–water partition coefficient (Wildman–Crippen LogP) is 2.70. The van der Waals surface area contributed by atoms with Crippen LogP contribution in [-0.4, -0.2) is 32.1 Å². The molecule has 0 amide bonds. The van der Waals surface area contributed by atoms with Gasteiger partial charge in [0.1, 0.15) is 11.6 Å². The second-order valence-corrected chi connectivity index (χ2v) is 8.02. The van der Waals surface area contributed by atoms with Crippen LogP contribution in [0.2, 0.25) is 0 Å². The number of sulfone groups is 1. The number of nitrogens with one attached hydrogen (secondary N) is 2. The summed E-state index contributed by atoms with van der Waals surface area (Å²) in [5.41, 5.74) is 4.02. The van der Waals surface area contributed by atoms with E-state index in [1.807, 2.05) is 12.1 Å². The molecule has 0 fully saturated rings. The molecule has 0 radical (unpaired) electrons. The van der Waals surface area contributed by atoms with Crippen LogP contribution in [-0.2, 0) is 9.84 Å². The monoisotopic (exact) mass is 393 g/mol. The third-order valence-electron chi connectivity index (χ3n) is 3.84. The predicted molar refractivity (Wildman–Crippen MR) is 102 cm³/mol. The van der Waals surface area contributed by atoms with Crippen LogP contribution >= 0.6 is 12.2 Å². The Labute approximate surface area is 156 Å². The summed E-state index contributed by atoms with van der Waals surface area (Å²) in [6.07, 6.45) is 0.170. The van der Waals surface area contributed by atoms with Gasteiger partial charge in [-0.2, -0.15) is 5.10 Å². The largest absolute Gasteiger partial charge is 0.495 e. The molecular weight excluding hydrogens is 377 g/mol. The van der Waals surface area contributed by atoms with Crippen molar-refractivity contribution >= 4 is 38.6 Å². The molecule has 0 aliphatic carbocycles. The second kappa shape index (κ2) is 7.38. The first-order valence-corrected chi connectivity index (χ1v) is 9.76. The minimum Gasteiger partial charge on any atom is -0.495 e. The van der Waals surface area contributed by atoms with Crippen LogP contribution < -0.4 is 15.5 Å². The zero-order valence-electron chi connectivity index (χ0n) is 13.8.